The number of ether oxygens (including phenoxy) is 1. The Morgan fingerprint density at radius 3 is 2.28 bits per heavy atom. The van der Waals surface area contributed by atoms with Gasteiger partial charge in [0.15, 0.2) is 0 Å². The molecule has 162 valence electrons. The number of benzene rings is 3. The first-order valence-electron chi connectivity index (χ1n) is 10.5. The maximum atomic E-state index is 12.4. The summed E-state index contributed by atoms with van der Waals surface area (Å²) in [4.78, 5) is 14.1. The minimum atomic E-state index is -0.208. The second-order valence-corrected chi connectivity index (χ2v) is 7.99. The van der Waals surface area contributed by atoms with E-state index in [1.54, 1.807) is 18.0 Å². The van der Waals surface area contributed by atoms with E-state index in [9.17, 15) is 4.79 Å². The topological polar surface area (TPSA) is 69.0 Å². The number of nitrogens with zero attached hydrogens (tertiary/aromatic N) is 3. The number of carbonyl (C=O) groups excluding carboxylic acids is 1. The van der Waals surface area contributed by atoms with E-state index in [1.165, 1.54) is 11.6 Å². The summed E-state index contributed by atoms with van der Waals surface area (Å²) in [5, 5.41) is 12.1. The van der Waals surface area contributed by atoms with Crippen molar-refractivity contribution < 1.29 is 9.53 Å². The van der Waals surface area contributed by atoms with Gasteiger partial charge in [-0.25, -0.2) is 0 Å². The fraction of sp³-hybridized carbons (Fsp3) is 0.192. The van der Waals surface area contributed by atoms with Crippen LogP contribution in [0.15, 0.2) is 66.7 Å². The molecule has 0 aliphatic rings. The van der Waals surface area contributed by atoms with Gasteiger partial charge in [0.1, 0.15) is 16.8 Å². The summed E-state index contributed by atoms with van der Waals surface area (Å²) in [6.07, 6.45) is 3.28. The molecule has 1 heterocycles. The van der Waals surface area contributed by atoms with Crippen LogP contribution in [0, 0.1) is 6.92 Å². The molecule has 0 saturated carbocycles. The minimum absolute atomic E-state index is 0.208. The predicted molar refractivity (Wildman–Crippen MR) is 128 cm³/mol. The molecule has 3 aromatic carbocycles. The highest BCUT2D eigenvalue weighted by Crippen LogP contribution is 2.23. The second kappa shape index (κ2) is 9.06. The second-order valence-electron chi connectivity index (χ2n) is 7.99. The number of hydrogen-bond donors (Lipinski definition) is 1. The molecule has 0 unspecified atom stereocenters. The molecule has 32 heavy (non-hydrogen) atoms. The zero-order chi connectivity index (χ0) is 22.7. The molecule has 0 radical (unpaired) electrons. The summed E-state index contributed by atoms with van der Waals surface area (Å²) in [5.74, 6) is 1.04. The van der Waals surface area contributed by atoms with Gasteiger partial charge in [-0.3, -0.25) is 4.79 Å². The number of nitrogens with one attached hydrogen (secondary N) is 1. The number of anilines is 1. The van der Waals surface area contributed by atoms with Gasteiger partial charge in [-0.2, -0.15) is 4.80 Å². The van der Waals surface area contributed by atoms with Crippen LogP contribution in [0.3, 0.4) is 0 Å². The standard InChI is InChI=1S/C26H26N4O2/c1-17(2)20-8-10-21(11-9-20)30-28-24-15-18(3)23(16-25(24)29-30)27-26(31)14-7-19-5-12-22(32-4)13-6-19/h5-17H,1-4H3,(H,27,31)/b14-7+. The SMILES string of the molecule is COc1ccc(/C=C/C(=O)Nc2cc3nn(-c4ccc(C(C)C)cc4)nc3cc2C)cc1. The molecule has 0 atom stereocenters. The van der Waals surface area contributed by atoms with Crippen LogP contribution in [0.5, 0.6) is 5.75 Å². The van der Waals surface area contributed by atoms with Crippen LogP contribution in [0.4, 0.5) is 5.69 Å². The third kappa shape index (κ3) is 4.70. The highest BCUT2D eigenvalue weighted by Gasteiger charge is 2.10. The van der Waals surface area contributed by atoms with E-state index in [1.807, 2.05) is 55.5 Å². The third-order valence-electron chi connectivity index (χ3n) is 5.32. The zero-order valence-corrected chi connectivity index (χ0v) is 18.7. The number of amides is 1. The van der Waals surface area contributed by atoms with E-state index in [0.29, 0.717) is 11.6 Å². The quantitative estimate of drug-likeness (QED) is 0.413. The van der Waals surface area contributed by atoms with Crippen molar-refractivity contribution in [3.63, 3.8) is 0 Å². The van der Waals surface area contributed by atoms with Crippen molar-refractivity contribution in [3.8, 4) is 11.4 Å². The largest absolute Gasteiger partial charge is 0.497 e. The third-order valence-corrected chi connectivity index (χ3v) is 5.32. The lowest BCUT2D eigenvalue weighted by atomic mass is 10.0. The maximum absolute atomic E-state index is 12.4. The molecule has 0 bridgehead atoms. The number of fused-ring (bicyclic) bond motifs is 1. The summed E-state index contributed by atoms with van der Waals surface area (Å²) in [5.41, 5.74) is 6.22. The Morgan fingerprint density at radius 2 is 1.66 bits per heavy atom. The molecule has 0 fully saturated rings. The Bertz CT molecular complexity index is 1270. The lowest BCUT2D eigenvalue weighted by molar-refractivity contribution is -0.111. The molecule has 6 nitrogen and oxygen atoms in total. The smallest absolute Gasteiger partial charge is 0.248 e. The van der Waals surface area contributed by atoms with Gasteiger partial charge in [0.05, 0.1) is 12.8 Å². The molecule has 1 N–H and O–H groups in total. The summed E-state index contributed by atoms with van der Waals surface area (Å²) < 4.78 is 5.15. The summed E-state index contributed by atoms with van der Waals surface area (Å²) in [6, 6.07) is 19.5. The molecule has 4 aromatic rings. The zero-order valence-electron chi connectivity index (χ0n) is 18.7. The van der Waals surface area contributed by atoms with Gasteiger partial charge in [-0.1, -0.05) is 38.1 Å². The number of hydrogen-bond acceptors (Lipinski definition) is 4. The summed E-state index contributed by atoms with van der Waals surface area (Å²) >= 11 is 0. The first kappa shape index (κ1) is 21.3. The molecule has 1 amide bonds. The van der Waals surface area contributed by atoms with Crippen molar-refractivity contribution in [2.24, 2.45) is 0 Å². The Hall–Kier alpha value is -3.93. The maximum Gasteiger partial charge on any atom is 0.248 e. The van der Waals surface area contributed by atoms with Crippen molar-refractivity contribution in [1.82, 2.24) is 15.0 Å². The molecule has 0 aliphatic carbocycles. The molecular formula is C26H26N4O2. The normalized spacial score (nSPS) is 11.4. The van der Waals surface area contributed by atoms with Gasteiger partial charge in [0, 0.05) is 11.8 Å². The van der Waals surface area contributed by atoms with Crippen molar-refractivity contribution in [2.45, 2.75) is 26.7 Å². The molecule has 0 spiro atoms. The van der Waals surface area contributed by atoms with Gasteiger partial charge in [-0.15, -0.1) is 10.2 Å². The molecule has 1 aromatic heterocycles. The van der Waals surface area contributed by atoms with Crippen LogP contribution >= 0.6 is 0 Å². The van der Waals surface area contributed by atoms with Crippen molar-refractivity contribution >= 4 is 28.7 Å². The highest BCUT2D eigenvalue weighted by atomic mass is 16.5. The van der Waals surface area contributed by atoms with Crippen LogP contribution < -0.4 is 10.1 Å². The van der Waals surface area contributed by atoms with E-state index in [2.05, 4.69) is 41.5 Å². The van der Waals surface area contributed by atoms with E-state index in [0.717, 1.165) is 33.6 Å². The lowest BCUT2D eigenvalue weighted by Gasteiger charge is -2.06. The lowest BCUT2D eigenvalue weighted by Crippen LogP contribution is -2.08. The van der Waals surface area contributed by atoms with Crippen LogP contribution in [0.25, 0.3) is 22.8 Å². The Balaban J connectivity index is 1.52. The van der Waals surface area contributed by atoms with E-state index >= 15 is 0 Å². The molecule has 0 aliphatic heterocycles. The number of methoxy groups -OCH3 is 1. The van der Waals surface area contributed by atoms with Crippen molar-refractivity contribution in [2.75, 3.05) is 12.4 Å². The van der Waals surface area contributed by atoms with Crippen molar-refractivity contribution in [3.05, 3.63) is 83.4 Å². The van der Waals surface area contributed by atoms with Crippen molar-refractivity contribution in [1.29, 1.82) is 0 Å². The van der Waals surface area contributed by atoms with Crippen LogP contribution in [-0.2, 0) is 4.79 Å². The molecule has 6 heteroatoms. The minimum Gasteiger partial charge on any atom is -0.497 e. The fourth-order valence-electron chi connectivity index (χ4n) is 3.37. The summed E-state index contributed by atoms with van der Waals surface area (Å²) in [7, 11) is 1.62. The van der Waals surface area contributed by atoms with Gasteiger partial charge >= 0.3 is 0 Å². The first-order chi connectivity index (χ1) is 15.4. The number of carbonyl (C=O) groups is 1. The highest BCUT2D eigenvalue weighted by molar-refractivity contribution is 6.03. The predicted octanol–water partition coefficient (Wildman–Crippen LogP) is 5.51. The monoisotopic (exact) mass is 426 g/mol. The van der Waals surface area contributed by atoms with Gasteiger partial charge in [0.2, 0.25) is 5.91 Å². The van der Waals surface area contributed by atoms with E-state index < -0.39 is 0 Å². The number of rotatable bonds is 6. The Labute approximate surface area is 187 Å². The molecular weight excluding hydrogens is 400 g/mol. The average Bonchev–Trinajstić information content (AvgIpc) is 3.21. The van der Waals surface area contributed by atoms with Crippen LogP contribution in [0.1, 0.15) is 36.5 Å². The van der Waals surface area contributed by atoms with E-state index in [4.69, 9.17) is 4.74 Å². The summed E-state index contributed by atoms with van der Waals surface area (Å²) in [6.45, 7) is 6.28. The fourth-order valence-corrected chi connectivity index (χ4v) is 3.37. The first-order valence-corrected chi connectivity index (χ1v) is 10.5. The van der Waals surface area contributed by atoms with E-state index in [-0.39, 0.29) is 5.91 Å². The number of aromatic nitrogens is 3. The molecule has 4 rings (SSSR count). The number of aryl methyl sites for hydroxylation is 1. The molecule has 0 saturated heterocycles. The van der Waals surface area contributed by atoms with Gasteiger partial charge < -0.3 is 10.1 Å². The average molecular weight is 427 g/mol. The van der Waals surface area contributed by atoms with Gasteiger partial charge in [0.25, 0.3) is 0 Å². The van der Waals surface area contributed by atoms with Crippen LogP contribution in [-0.4, -0.2) is 28.0 Å². The Morgan fingerprint density at radius 1 is 1.00 bits per heavy atom. The van der Waals surface area contributed by atoms with Crippen LogP contribution in [0.2, 0.25) is 0 Å². The Kier molecular flexibility index (Phi) is 6.03. The van der Waals surface area contributed by atoms with Gasteiger partial charge in [-0.05, 0) is 72.0 Å².